The third kappa shape index (κ3) is 10.1. The van der Waals surface area contributed by atoms with Crippen molar-refractivity contribution < 1.29 is 32.8 Å². The number of hydrogen-bond donors (Lipinski definition) is 3. The van der Waals surface area contributed by atoms with Crippen LogP contribution in [0.25, 0.3) is 0 Å². The Labute approximate surface area is 105 Å². The molecule has 0 rings (SSSR count). The van der Waals surface area contributed by atoms with E-state index in [-0.39, 0.29) is 0 Å². The van der Waals surface area contributed by atoms with Crippen LogP contribution in [0.1, 0.15) is 13.3 Å². The fourth-order valence-electron chi connectivity index (χ4n) is 0.479. The van der Waals surface area contributed by atoms with E-state index in [9.17, 15) is 18.0 Å². The van der Waals surface area contributed by atoms with Crippen molar-refractivity contribution in [2.45, 2.75) is 22.3 Å². The Morgan fingerprint density at radius 3 is 1.73 bits per heavy atom. The van der Waals surface area contributed by atoms with Crippen molar-refractivity contribution in [3.8, 4) is 0 Å². The van der Waals surface area contributed by atoms with Gasteiger partial charge in [0.2, 0.25) is 0 Å². The molecule has 0 saturated carbocycles. The van der Waals surface area contributed by atoms with Gasteiger partial charge in [0.05, 0.1) is 6.42 Å². The molecule has 0 aliphatic heterocycles. The van der Waals surface area contributed by atoms with Crippen LogP contribution in [-0.2, 0) is 19.7 Å². The molecule has 15 heavy (non-hydrogen) atoms. The molecule has 0 aromatic rings. The largest absolute Gasteiger partial charge is 0.481 e. The van der Waals surface area contributed by atoms with E-state index in [2.05, 4.69) is 6.92 Å². The summed E-state index contributed by atoms with van der Waals surface area (Å²) in [6, 6.07) is 0. The van der Waals surface area contributed by atoms with Crippen molar-refractivity contribution in [1.29, 1.82) is 0 Å². The molecule has 1 unspecified atom stereocenters. The summed E-state index contributed by atoms with van der Waals surface area (Å²) in [6.07, 6.45) is -1.16. The van der Waals surface area contributed by atoms with Gasteiger partial charge in [0.15, 0.2) is 5.25 Å². The fourth-order valence-corrected chi connectivity index (χ4v) is 1.09. The summed E-state index contributed by atoms with van der Waals surface area (Å²) < 4.78 is 30.1. The van der Waals surface area contributed by atoms with Gasteiger partial charge in [-0.1, -0.05) is 0 Å². The van der Waals surface area contributed by atoms with Crippen LogP contribution in [0.15, 0.2) is 0 Å². The number of carboxylic acids is 2. The first-order valence-corrected chi connectivity index (χ1v) is 6.99. The van der Waals surface area contributed by atoms with Crippen molar-refractivity contribution in [2.75, 3.05) is 0 Å². The van der Waals surface area contributed by atoms with Crippen LogP contribution in [0.2, 0.25) is 3.67 Å². The molecule has 0 radical (unpaired) electrons. The van der Waals surface area contributed by atoms with Gasteiger partial charge in [0, 0.05) is 0 Å². The Bertz CT molecular complexity index is 309. The summed E-state index contributed by atoms with van der Waals surface area (Å²) in [5, 5.41) is 13.9. The van der Waals surface area contributed by atoms with Crippen molar-refractivity contribution in [2.24, 2.45) is 0 Å². The summed E-state index contributed by atoms with van der Waals surface area (Å²) in [5.41, 5.74) is 0. The SMILES string of the molecule is C[CH2][Na].O=C(O)CC(C(=O)O)S(=O)(=O)O. The van der Waals surface area contributed by atoms with Crippen molar-refractivity contribution >= 4 is 50.0 Å². The summed E-state index contributed by atoms with van der Waals surface area (Å²) >= 11 is 1.37. The maximum Gasteiger partial charge on any atom is 0.325 e. The minimum Gasteiger partial charge on any atom is -0.481 e. The van der Waals surface area contributed by atoms with Gasteiger partial charge in [-0.2, -0.15) is 8.42 Å². The smallest absolute Gasteiger partial charge is 0.325 e. The first-order chi connectivity index (χ1) is 6.66. The average Bonchev–Trinajstić information content (AvgIpc) is 1.98. The predicted octanol–water partition coefficient (Wildman–Crippen LogP) is -0.605. The molecule has 0 aliphatic rings. The Morgan fingerprint density at radius 1 is 1.33 bits per heavy atom. The number of rotatable bonds is 4. The molecule has 84 valence electrons. The van der Waals surface area contributed by atoms with Crippen molar-refractivity contribution in [3.05, 3.63) is 0 Å². The Morgan fingerprint density at radius 2 is 1.67 bits per heavy atom. The molecule has 0 bridgehead atoms. The van der Waals surface area contributed by atoms with Gasteiger partial charge in [-0.15, -0.1) is 0 Å². The van der Waals surface area contributed by atoms with Crippen LogP contribution in [0.4, 0.5) is 0 Å². The summed E-state index contributed by atoms with van der Waals surface area (Å²) in [6.45, 7) is 2.19. The van der Waals surface area contributed by atoms with Gasteiger partial charge in [0.1, 0.15) is 0 Å². The van der Waals surface area contributed by atoms with Crippen molar-refractivity contribution in [3.63, 3.8) is 0 Å². The second kappa shape index (κ2) is 8.05. The minimum atomic E-state index is -4.84. The Balaban J connectivity index is 0. The van der Waals surface area contributed by atoms with Crippen LogP contribution in [0.5, 0.6) is 0 Å². The van der Waals surface area contributed by atoms with Crippen LogP contribution >= 0.6 is 0 Å². The van der Waals surface area contributed by atoms with E-state index in [1.165, 1.54) is 31.6 Å². The van der Waals surface area contributed by atoms with E-state index >= 15 is 0 Å². The zero-order chi connectivity index (χ0) is 12.6. The Kier molecular flexibility index (Phi) is 9.26. The monoisotopic (exact) mass is 250 g/mol. The summed E-state index contributed by atoms with van der Waals surface area (Å²) in [7, 11) is -4.84. The van der Waals surface area contributed by atoms with Crippen LogP contribution in [0, 0.1) is 0 Å². The summed E-state index contributed by atoms with van der Waals surface area (Å²) in [4.78, 5) is 20.0. The van der Waals surface area contributed by atoms with Gasteiger partial charge in [0.25, 0.3) is 10.1 Å². The molecule has 0 aromatic heterocycles. The number of carboxylic acid groups (broad SMARTS) is 2. The van der Waals surface area contributed by atoms with Crippen LogP contribution < -0.4 is 0 Å². The number of carbonyl (C=O) groups is 2. The number of aliphatic carboxylic acids is 2. The minimum absolute atomic E-state index is 1.16. The molecule has 0 spiro atoms. The van der Waals surface area contributed by atoms with E-state index in [1.54, 1.807) is 0 Å². The van der Waals surface area contributed by atoms with Gasteiger partial charge >= 0.3 is 50.5 Å². The maximum atomic E-state index is 10.2. The van der Waals surface area contributed by atoms with E-state index in [1.807, 2.05) is 0 Å². The molecular formula is C6H11NaO7S. The molecule has 1 atom stereocenters. The van der Waals surface area contributed by atoms with E-state index in [4.69, 9.17) is 14.8 Å². The fraction of sp³-hybridized carbons (Fsp3) is 0.667. The van der Waals surface area contributed by atoms with Gasteiger partial charge in [-0.05, 0) is 0 Å². The zero-order valence-corrected chi connectivity index (χ0v) is 11.2. The first kappa shape index (κ1) is 17.3. The van der Waals surface area contributed by atoms with Gasteiger partial charge in [-0.25, -0.2) is 0 Å². The van der Waals surface area contributed by atoms with Gasteiger partial charge < -0.3 is 10.2 Å². The van der Waals surface area contributed by atoms with Crippen LogP contribution in [-0.4, -0.2) is 68.3 Å². The topological polar surface area (TPSA) is 129 Å². The van der Waals surface area contributed by atoms with Crippen LogP contribution in [0.3, 0.4) is 0 Å². The first-order valence-electron chi connectivity index (χ1n) is 4.07. The maximum absolute atomic E-state index is 10.2. The van der Waals surface area contributed by atoms with E-state index in [0.717, 1.165) is 0 Å². The second-order valence-corrected chi connectivity index (χ2v) is 5.66. The average molecular weight is 250 g/mol. The molecule has 7 nitrogen and oxygen atoms in total. The molecule has 9 heteroatoms. The predicted molar refractivity (Wildman–Crippen MR) is 51.5 cm³/mol. The number of hydrogen-bond acceptors (Lipinski definition) is 4. The normalized spacial score (nSPS) is 12.3. The molecule has 3 N–H and O–H groups in total. The quantitative estimate of drug-likeness (QED) is 0.448. The molecule has 0 saturated heterocycles. The second-order valence-electron chi connectivity index (χ2n) is 2.65. The molecular weight excluding hydrogens is 239 g/mol. The zero-order valence-electron chi connectivity index (χ0n) is 8.37. The standard InChI is InChI=1S/C4H6O7S.C2H5.Na/c5-3(6)1-2(4(7)8)12(9,10)11;1-2;/h2H,1H2,(H,5,6)(H,7,8)(H,9,10,11);1H2,2H3;. The molecule has 0 amide bonds. The third-order valence-electron chi connectivity index (χ3n) is 0.995. The van der Waals surface area contributed by atoms with E-state index < -0.39 is 33.7 Å². The summed E-state index contributed by atoms with van der Waals surface area (Å²) in [5.74, 6) is -3.50. The molecule has 0 aromatic carbocycles. The molecule has 0 fully saturated rings. The van der Waals surface area contributed by atoms with Gasteiger partial charge in [-0.3, -0.25) is 14.1 Å². The third-order valence-corrected chi connectivity index (χ3v) is 2.08. The van der Waals surface area contributed by atoms with E-state index in [0.29, 0.717) is 0 Å². The Hall–Kier alpha value is -0.150. The molecule has 0 aliphatic carbocycles. The molecule has 0 heterocycles. The van der Waals surface area contributed by atoms with Crippen molar-refractivity contribution in [1.82, 2.24) is 0 Å².